The SMILES string of the molecule is CCOP(=O)(OCC)O/C(=C/Cl)c1ccc(Br)cc1Br. The van der Waals surface area contributed by atoms with Crippen LogP contribution >= 0.6 is 51.3 Å². The van der Waals surface area contributed by atoms with Crippen LogP contribution in [0.5, 0.6) is 0 Å². The summed E-state index contributed by atoms with van der Waals surface area (Å²) in [5.74, 6) is 0.205. The first kappa shape index (κ1) is 18.2. The minimum atomic E-state index is -3.67. The van der Waals surface area contributed by atoms with Gasteiger partial charge in [0.25, 0.3) is 0 Å². The van der Waals surface area contributed by atoms with Crippen molar-refractivity contribution in [2.45, 2.75) is 13.8 Å². The van der Waals surface area contributed by atoms with Gasteiger partial charge >= 0.3 is 7.82 Å². The molecule has 0 aromatic heterocycles. The number of phosphoric acid groups is 1. The molecule has 112 valence electrons. The van der Waals surface area contributed by atoms with E-state index in [0.29, 0.717) is 5.56 Å². The molecule has 0 fully saturated rings. The predicted molar refractivity (Wildman–Crippen MR) is 87.6 cm³/mol. The van der Waals surface area contributed by atoms with Gasteiger partial charge in [0.2, 0.25) is 0 Å². The lowest BCUT2D eigenvalue weighted by molar-refractivity contribution is 0.159. The lowest BCUT2D eigenvalue weighted by atomic mass is 10.2. The fraction of sp³-hybridized carbons (Fsp3) is 0.333. The molecule has 0 saturated carbocycles. The van der Waals surface area contributed by atoms with E-state index in [4.69, 9.17) is 25.2 Å². The van der Waals surface area contributed by atoms with Gasteiger partial charge in [0.15, 0.2) is 5.76 Å². The smallest absolute Gasteiger partial charge is 0.402 e. The van der Waals surface area contributed by atoms with Crippen molar-refractivity contribution in [3.63, 3.8) is 0 Å². The Morgan fingerprint density at radius 3 is 2.35 bits per heavy atom. The molecule has 0 amide bonds. The van der Waals surface area contributed by atoms with Gasteiger partial charge in [-0.25, -0.2) is 4.57 Å². The number of hydrogen-bond donors (Lipinski definition) is 0. The molecule has 0 atom stereocenters. The van der Waals surface area contributed by atoms with Gasteiger partial charge in [0, 0.05) is 20.0 Å². The van der Waals surface area contributed by atoms with E-state index >= 15 is 0 Å². The Balaban J connectivity index is 3.05. The summed E-state index contributed by atoms with van der Waals surface area (Å²) < 4.78 is 29.5. The molecule has 8 heteroatoms. The Morgan fingerprint density at radius 2 is 1.90 bits per heavy atom. The van der Waals surface area contributed by atoms with Gasteiger partial charge in [-0.3, -0.25) is 9.05 Å². The van der Waals surface area contributed by atoms with Crippen LogP contribution in [0.2, 0.25) is 0 Å². The molecule has 0 aliphatic heterocycles. The second-order valence-electron chi connectivity index (χ2n) is 3.47. The van der Waals surface area contributed by atoms with Crippen LogP contribution in [-0.2, 0) is 18.1 Å². The molecule has 1 aromatic carbocycles. The van der Waals surface area contributed by atoms with Gasteiger partial charge in [0.1, 0.15) is 0 Å². The van der Waals surface area contributed by atoms with E-state index in [2.05, 4.69) is 31.9 Å². The monoisotopic (exact) mass is 446 g/mol. The van der Waals surface area contributed by atoms with Gasteiger partial charge in [-0.15, -0.1) is 0 Å². The Kier molecular flexibility index (Phi) is 7.80. The first-order chi connectivity index (χ1) is 9.45. The van der Waals surface area contributed by atoms with Crippen LogP contribution in [0.25, 0.3) is 5.76 Å². The zero-order chi connectivity index (χ0) is 15.2. The van der Waals surface area contributed by atoms with Crippen LogP contribution in [0.15, 0.2) is 32.7 Å². The molecule has 0 N–H and O–H groups in total. The highest BCUT2D eigenvalue weighted by Gasteiger charge is 2.29. The molecule has 0 radical (unpaired) electrons. The highest BCUT2D eigenvalue weighted by molar-refractivity contribution is 9.11. The van der Waals surface area contributed by atoms with E-state index in [1.807, 2.05) is 12.1 Å². The number of hydrogen-bond acceptors (Lipinski definition) is 4. The summed E-state index contributed by atoms with van der Waals surface area (Å²) in [6.07, 6.45) is 0. The zero-order valence-corrected chi connectivity index (χ0v) is 15.8. The largest absolute Gasteiger partial charge is 0.530 e. The molecule has 1 aromatic rings. The fourth-order valence-electron chi connectivity index (χ4n) is 1.34. The second-order valence-corrected chi connectivity index (χ2v) is 7.05. The van der Waals surface area contributed by atoms with Crippen molar-refractivity contribution in [2.75, 3.05) is 13.2 Å². The van der Waals surface area contributed by atoms with Crippen LogP contribution in [-0.4, -0.2) is 13.2 Å². The van der Waals surface area contributed by atoms with E-state index in [-0.39, 0.29) is 19.0 Å². The Bertz CT molecular complexity index is 526. The molecule has 0 saturated heterocycles. The van der Waals surface area contributed by atoms with Crippen LogP contribution in [0, 0.1) is 0 Å². The molecule has 4 nitrogen and oxygen atoms in total. The van der Waals surface area contributed by atoms with Crippen molar-refractivity contribution in [3.05, 3.63) is 38.2 Å². The topological polar surface area (TPSA) is 44.8 Å². The number of phosphoric ester groups is 1. The first-order valence-corrected chi connectivity index (χ1v) is 9.28. The average molecular weight is 448 g/mol. The minimum absolute atomic E-state index is 0.203. The molecule has 0 aliphatic carbocycles. The van der Waals surface area contributed by atoms with E-state index in [0.717, 1.165) is 8.95 Å². The lowest BCUT2D eigenvalue weighted by Gasteiger charge is -2.19. The summed E-state index contributed by atoms with van der Waals surface area (Å²) in [4.78, 5) is 0. The predicted octanol–water partition coefficient (Wildman–Crippen LogP) is 5.95. The van der Waals surface area contributed by atoms with Crippen molar-refractivity contribution in [3.8, 4) is 0 Å². The average Bonchev–Trinajstić information content (AvgIpc) is 2.37. The standard InChI is InChI=1S/C12H14Br2ClO4P/c1-3-17-20(16,18-4-2)19-12(8-15)10-6-5-9(13)7-11(10)14/h5-8H,3-4H2,1-2H3/b12-8+. The van der Waals surface area contributed by atoms with Gasteiger partial charge in [-0.1, -0.05) is 27.5 Å². The molecule has 0 heterocycles. The molecule has 1 rings (SSSR count). The van der Waals surface area contributed by atoms with E-state index < -0.39 is 7.82 Å². The van der Waals surface area contributed by atoms with Crippen molar-refractivity contribution in [1.82, 2.24) is 0 Å². The minimum Gasteiger partial charge on any atom is -0.402 e. The van der Waals surface area contributed by atoms with Gasteiger partial charge in [0.05, 0.1) is 13.2 Å². The number of halogens is 3. The molecule has 0 aliphatic rings. The molecular weight excluding hydrogens is 434 g/mol. The molecular formula is C12H14Br2ClO4P. The van der Waals surface area contributed by atoms with Crippen molar-refractivity contribution >= 4 is 57.0 Å². The molecule has 0 spiro atoms. The first-order valence-electron chi connectivity index (χ1n) is 5.80. The molecule has 0 unspecified atom stereocenters. The van der Waals surface area contributed by atoms with Gasteiger partial charge in [-0.2, -0.15) is 0 Å². The fourth-order valence-corrected chi connectivity index (χ4v) is 4.01. The van der Waals surface area contributed by atoms with Crippen molar-refractivity contribution in [2.24, 2.45) is 0 Å². The lowest BCUT2D eigenvalue weighted by Crippen LogP contribution is -2.00. The van der Waals surface area contributed by atoms with Crippen molar-refractivity contribution < 1.29 is 18.1 Å². The van der Waals surface area contributed by atoms with E-state index in [9.17, 15) is 4.57 Å². The maximum Gasteiger partial charge on any atom is 0.530 e. The Labute approximate surface area is 140 Å². The summed E-state index contributed by atoms with van der Waals surface area (Å²) >= 11 is 12.5. The van der Waals surface area contributed by atoms with Crippen LogP contribution in [0.1, 0.15) is 19.4 Å². The third-order valence-electron chi connectivity index (χ3n) is 2.08. The zero-order valence-electron chi connectivity index (χ0n) is 10.9. The summed E-state index contributed by atoms with van der Waals surface area (Å²) in [5, 5.41) is 0. The van der Waals surface area contributed by atoms with Crippen molar-refractivity contribution in [1.29, 1.82) is 0 Å². The Hall–Kier alpha value is 0.160. The van der Waals surface area contributed by atoms with Crippen LogP contribution in [0.3, 0.4) is 0 Å². The Morgan fingerprint density at radius 1 is 1.30 bits per heavy atom. The van der Waals surface area contributed by atoms with Crippen LogP contribution < -0.4 is 0 Å². The highest BCUT2D eigenvalue weighted by atomic mass is 79.9. The highest BCUT2D eigenvalue weighted by Crippen LogP contribution is 2.53. The normalized spacial score (nSPS) is 12.6. The quantitative estimate of drug-likeness (QED) is 0.382. The third kappa shape index (κ3) is 5.17. The van der Waals surface area contributed by atoms with Gasteiger partial charge < -0.3 is 4.52 Å². The second kappa shape index (κ2) is 8.57. The van der Waals surface area contributed by atoms with Crippen LogP contribution in [0.4, 0.5) is 0 Å². The third-order valence-corrected chi connectivity index (χ3v) is 5.00. The maximum absolute atomic E-state index is 12.3. The maximum atomic E-state index is 12.3. The summed E-state index contributed by atoms with van der Waals surface area (Å²) in [6, 6.07) is 5.41. The van der Waals surface area contributed by atoms with E-state index in [1.165, 1.54) is 5.54 Å². The number of rotatable bonds is 7. The molecule has 20 heavy (non-hydrogen) atoms. The molecule has 0 bridgehead atoms. The summed E-state index contributed by atoms with van der Waals surface area (Å²) in [6.45, 7) is 3.81. The number of benzene rings is 1. The van der Waals surface area contributed by atoms with Gasteiger partial charge in [-0.05, 0) is 48.0 Å². The summed E-state index contributed by atoms with van der Waals surface area (Å²) in [7, 11) is -3.67. The van der Waals surface area contributed by atoms with E-state index in [1.54, 1.807) is 19.9 Å². The summed E-state index contributed by atoms with van der Waals surface area (Å²) in [5.41, 5.74) is 1.83.